The van der Waals surface area contributed by atoms with Crippen molar-refractivity contribution in [3.05, 3.63) is 35.1 Å². The molecule has 1 aliphatic heterocycles. The van der Waals surface area contributed by atoms with Crippen LogP contribution in [0.5, 0.6) is 0 Å². The molecule has 0 spiro atoms. The number of rotatable bonds is 4. The molecule has 1 aliphatic carbocycles. The van der Waals surface area contributed by atoms with Crippen LogP contribution in [0.2, 0.25) is 0 Å². The monoisotopic (exact) mass is 303 g/mol. The van der Waals surface area contributed by atoms with Crippen molar-refractivity contribution >= 4 is 5.97 Å². The summed E-state index contributed by atoms with van der Waals surface area (Å²) >= 11 is 0. The molecule has 0 N–H and O–H groups in total. The molecule has 1 unspecified atom stereocenters. The lowest BCUT2D eigenvalue weighted by atomic mass is 9.69. The van der Waals surface area contributed by atoms with Crippen LogP contribution in [0.1, 0.15) is 53.4 Å². The molecular weight excluding hydrogens is 274 g/mol. The zero-order chi connectivity index (χ0) is 16.3. The fraction of sp³-hybridized carbons (Fsp3) is 0.632. The number of carbonyl (C=O) groups is 1. The Labute approximate surface area is 134 Å². The third-order valence-electron chi connectivity index (χ3n) is 4.88. The normalized spacial score (nSPS) is 24.3. The molecule has 22 heavy (non-hydrogen) atoms. The average Bonchev–Trinajstić information content (AvgIpc) is 2.47. The number of allylic oxidation sites excluding steroid dienone is 1. The van der Waals surface area contributed by atoms with Gasteiger partial charge in [-0.1, -0.05) is 26.3 Å². The van der Waals surface area contributed by atoms with Crippen LogP contribution in [0.3, 0.4) is 0 Å². The van der Waals surface area contributed by atoms with E-state index in [1.165, 1.54) is 37.5 Å². The molecule has 0 aromatic rings. The van der Waals surface area contributed by atoms with Crippen LogP contribution in [0.15, 0.2) is 35.1 Å². The molecule has 2 aliphatic rings. The van der Waals surface area contributed by atoms with Gasteiger partial charge in [-0.25, -0.2) is 4.79 Å². The van der Waals surface area contributed by atoms with Gasteiger partial charge in [-0.2, -0.15) is 0 Å². The number of nitrogens with zero attached hydrogens (tertiary/aromatic N) is 1. The van der Waals surface area contributed by atoms with Crippen LogP contribution in [0.25, 0.3) is 0 Å². The SMILES string of the molecule is CCCN1C=CC(C(=O)OC)=CC1C1=C(C)CCCC1(C)C. The lowest BCUT2D eigenvalue weighted by Crippen LogP contribution is -2.40. The quantitative estimate of drug-likeness (QED) is 0.575. The molecule has 3 heteroatoms. The van der Waals surface area contributed by atoms with Crippen LogP contribution >= 0.6 is 0 Å². The first kappa shape index (κ1) is 16.9. The maximum atomic E-state index is 11.9. The fourth-order valence-electron chi connectivity index (χ4n) is 3.86. The first-order chi connectivity index (χ1) is 10.4. The lowest BCUT2D eigenvalue weighted by molar-refractivity contribution is -0.135. The van der Waals surface area contributed by atoms with Crippen molar-refractivity contribution in [1.82, 2.24) is 4.90 Å². The number of carbonyl (C=O) groups excluding carboxylic acids is 1. The summed E-state index contributed by atoms with van der Waals surface area (Å²) in [6.45, 7) is 10.1. The third kappa shape index (κ3) is 3.29. The molecule has 0 aromatic carbocycles. The van der Waals surface area contributed by atoms with Crippen LogP contribution in [-0.4, -0.2) is 30.6 Å². The number of methoxy groups -OCH3 is 1. The second-order valence-electron chi connectivity index (χ2n) is 7.04. The van der Waals surface area contributed by atoms with Gasteiger partial charge in [0.15, 0.2) is 0 Å². The average molecular weight is 303 g/mol. The third-order valence-corrected chi connectivity index (χ3v) is 4.88. The molecule has 122 valence electrons. The van der Waals surface area contributed by atoms with Crippen molar-refractivity contribution in [3.63, 3.8) is 0 Å². The summed E-state index contributed by atoms with van der Waals surface area (Å²) in [5.74, 6) is -0.246. The Morgan fingerprint density at radius 1 is 1.45 bits per heavy atom. The molecular formula is C19H29NO2. The standard InChI is InChI=1S/C19H29NO2/c1-6-11-20-12-9-15(18(21)22-5)13-16(20)17-14(2)8-7-10-19(17,3)4/h9,12-13,16H,6-8,10-11H2,1-5H3. The first-order valence-corrected chi connectivity index (χ1v) is 8.35. The summed E-state index contributed by atoms with van der Waals surface area (Å²) in [6, 6.07) is 0.175. The van der Waals surface area contributed by atoms with Gasteiger partial charge < -0.3 is 9.64 Å². The van der Waals surface area contributed by atoms with Crippen molar-refractivity contribution in [2.75, 3.05) is 13.7 Å². The van der Waals surface area contributed by atoms with Gasteiger partial charge in [0.25, 0.3) is 0 Å². The number of ether oxygens (including phenoxy) is 1. The largest absolute Gasteiger partial charge is 0.465 e. The highest BCUT2D eigenvalue weighted by Gasteiger charge is 2.36. The maximum absolute atomic E-state index is 11.9. The molecule has 2 rings (SSSR count). The van der Waals surface area contributed by atoms with E-state index in [-0.39, 0.29) is 17.4 Å². The number of esters is 1. The first-order valence-electron chi connectivity index (χ1n) is 8.35. The predicted octanol–water partition coefficient (Wildman–Crippen LogP) is 4.22. The molecule has 0 saturated heterocycles. The summed E-state index contributed by atoms with van der Waals surface area (Å²) in [5, 5.41) is 0. The van der Waals surface area contributed by atoms with Gasteiger partial charge in [-0.3, -0.25) is 0 Å². The minimum Gasteiger partial charge on any atom is -0.465 e. The molecule has 0 bridgehead atoms. The summed E-state index contributed by atoms with van der Waals surface area (Å²) < 4.78 is 4.91. The molecule has 0 fully saturated rings. The zero-order valence-electron chi connectivity index (χ0n) is 14.6. The Hall–Kier alpha value is -1.51. The Morgan fingerprint density at radius 2 is 2.18 bits per heavy atom. The van der Waals surface area contributed by atoms with Crippen LogP contribution in [0, 0.1) is 5.41 Å². The van der Waals surface area contributed by atoms with E-state index in [4.69, 9.17) is 4.74 Å². The fourth-order valence-corrected chi connectivity index (χ4v) is 3.86. The maximum Gasteiger partial charge on any atom is 0.337 e. The van der Waals surface area contributed by atoms with Gasteiger partial charge in [-0.15, -0.1) is 0 Å². The zero-order valence-corrected chi connectivity index (χ0v) is 14.6. The molecule has 1 heterocycles. The lowest BCUT2D eigenvalue weighted by Gasteiger charge is -2.43. The van der Waals surface area contributed by atoms with E-state index in [9.17, 15) is 4.79 Å². The van der Waals surface area contributed by atoms with E-state index in [2.05, 4.69) is 44.9 Å². The van der Waals surface area contributed by atoms with E-state index < -0.39 is 0 Å². The van der Waals surface area contributed by atoms with Gasteiger partial charge >= 0.3 is 5.97 Å². The van der Waals surface area contributed by atoms with Crippen molar-refractivity contribution in [3.8, 4) is 0 Å². The summed E-state index contributed by atoms with van der Waals surface area (Å²) in [6.07, 6.45) is 10.8. The predicted molar refractivity (Wildman–Crippen MR) is 90.4 cm³/mol. The van der Waals surface area contributed by atoms with Gasteiger partial charge in [-0.05, 0) is 55.7 Å². The minimum absolute atomic E-state index is 0.175. The van der Waals surface area contributed by atoms with Gasteiger partial charge in [0.2, 0.25) is 0 Å². The Balaban J connectivity index is 2.44. The molecule has 3 nitrogen and oxygen atoms in total. The molecule has 0 aromatic heterocycles. The Kier molecular flexibility index (Phi) is 5.15. The van der Waals surface area contributed by atoms with E-state index in [1.807, 2.05) is 6.08 Å². The van der Waals surface area contributed by atoms with Crippen LogP contribution in [0.4, 0.5) is 0 Å². The smallest absolute Gasteiger partial charge is 0.337 e. The minimum atomic E-state index is -0.246. The highest BCUT2D eigenvalue weighted by Crippen LogP contribution is 2.44. The van der Waals surface area contributed by atoms with Crippen LogP contribution < -0.4 is 0 Å². The van der Waals surface area contributed by atoms with Crippen LogP contribution in [-0.2, 0) is 9.53 Å². The molecule has 0 saturated carbocycles. The van der Waals surface area contributed by atoms with E-state index in [0.29, 0.717) is 5.57 Å². The van der Waals surface area contributed by atoms with E-state index >= 15 is 0 Å². The second-order valence-corrected chi connectivity index (χ2v) is 7.04. The number of hydrogen-bond acceptors (Lipinski definition) is 3. The van der Waals surface area contributed by atoms with Gasteiger partial charge in [0, 0.05) is 12.7 Å². The molecule has 0 radical (unpaired) electrons. The van der Waals surface area contributed by atoms with Crippen molar-refractivity contribution in [2.24, 2.45) is 5.41 Å². The Morgan fingerprint density at radius 3 is 2.77 bits per heavy atom. The topological polar surface area (TPSA) is 29.5 Å². The summed E-state index contributed by atoms with van der Waals surface area (Å²) in [5.41, 5.74) is 3.82. The second kappa shape index (κ2) is 6.72. The van der Waals surface area contributed by atoms with Gasteiger partial charge in [0.1, 0.15) is 0 Å². The van der Waals surface area contributed by atoms with Crippen molar-refractivity contribution < 1.29 is 9.53 Å². The highest BCUT2D eigenvalue weighted by molar-refractivity contribution is 5.92. The van der Waals surface area contributed by atoms with Gasteiger partial charge in [0.05, 0.1) is 18.7 Å². The van der Waals surface area contributed by atoms with Crippen molar-refractivity contribution in [2.45, 2.75) is 59.4 Å². The van der Waals surface area contributed by atoms with E-state index in [0.717, 1.165) is 13.0 Å². The highest BCUT2D eigenvalue weighted by atomic mass is 16.5. The molecule has 1 atom stereocenters. The number of hydrogen-bond donors (Lipinski definition) is 0. The Bertz CT molecular complexity index is 526. The van der Waals surface area contributed by atoms with E-state index in [1.54, 1.807) is 0 Å². The summed E-state index contributed by atoms with van der Waals surface area (Å²) in [4.78, 5) is 14.3. The van der Waals surface area contributed by atoms with Crippen molar-refractivity contribution in [1.29, 1.82) is 0 Å². The summed E-state index contributed by atoms with van der Waals surface area (Å²) in [7, 11) is 1.44. The molecule has 0 amide bonds.